The van der Waals surface area contributed by atoms with Gasteiger partial charge in [0.25, 0.3) is 0 Å². The molecule has 0 saturated heterocycles. The van der Waals surface area contributed by atoms with Gasteiger partial charge in [-0.25, -0.2) is 0 Å². The van der Waals surface area contributed by atoms with Crippen LogP contribution < -0.4 is 0 Å². The number of phenols is 1. The van der Waals surface area contributed by atoms with Gasteiger partial charge in [-0.1, -0.05) is 29.8 Å². The highest BCUT2D eigenvalue weighted by atomic mass is 35.5. The number of hydrogen-bond donors (Lipinski definition) is 1. The molecule has 1 N–H and O–H groups in total. The summed E-state index contributed by atoms with van der Waals surface area (Å²) >= 11 is 11.3. The zero-order chi connectivity index (χ0) is 8.97. The summed E-state index contributed by atoms with van der Waals surface area (Å²) in [6, 6.07) is 4.99. The number of benzene rings is 1. The average molecular weight is 203 g/mol. The normalized spacial score (nSPS) is 10.8. The fraction of sp³-hybridized carbons (Fsp3) is 0.111. The molecule has 0 spiro atoms. The molecule has 0 heterocycles. The molecule has 0 aliphatic rings. The predicted molar refractivity (Wildman–Crippen MR) is 52.9 cm³/mol. The molecule has 0 bridgehead atoms. The maximum absolute atomic E-state index is 9.34. The minimum Gasteiger partial charge on any atom is -0.507 e. The SMILES string of the molecule is Oc1cccc(Cl)c1C=CCCl. The highest BCUT2D eigenvalue weighted by molar-refractivity contribution is 6.32. The highest BCUT2D eigenvalue weighted by Gasteiger charge is 2.00. The van der Waals surface area contributed by atoms with Crippen LogP contribution in [0.4, 0.5) is 0 Å². The molecule has 0 radical (unpaired) electrons. The van der Waals surface area contributed by atoms with Crippen molar-refractivity contribution in [2.75, 3.05) is 5.88 Å². The predicted octanol–water partition coefficient (Wildman–Crippen LogP) is 3.30. The minimum absolute atomic E-state index is 0.170. The molecular weight excluding hydrogens is 195 g/mol. The molecule has 64 valence electrons. The number of phenolic OH excluding ortho intramolecular Hbond substituents is 1. The lowest BCUT2D eigenvalue weighted by atomic mass is 10.2. The van der Waals surface area contributed by atoms with Crippen LogP contribution in [0.5, 0.6) is 5.75 Å². The van der Waals surface area contributed by atoms with Crippen LogP contribution in [0, 0.1) is 0 Å². The Morgan fingerprint density at radius 2 is 2.17 bits per heavy atom. The monoisotopic (exact) mass is 202 g/mol. The molecule has 0 aliphatic carbocycles. The number of halogens is 2. The molecule has 0 aromatic heterocycles. The largest absolute Gasteiger partial charge is 0.507 e. The summed E-state index contributed by atoms with van der Waals surface area (Å²) in [5.74, 6) is 0.578. The van der Waals surface area contributed by atoms with E-state index in [0.717, 1.165) is 0 Å². The van der Waals surface area contributed by atoms with Crippen molar-refractivity contribution in [1.82, 2.24) is 0 Å². The van der Waals surface area contributed by atoms with Gasteiger partial charge in [0, 0.05) is 11.4 Å². The summed E-state index contributed by atoms with van der Waals surface area (Å²) in [4.78, 5) is 0. The van der Waals surface area contributed by atoms with E-state index in [-0.39, 0.29) is 5.75 Å². The van der Waals surface area contributed by atoms with Crippen LogP contribution in [0.2, 0.25) is 5.02 Å². The van der Waals surface area contributed by atoms with E-state index in [1.54, 1.807) is 30.4 Å². The van der Waals surface area contributed by atoms with E-state index >= 15 is 0 Å². The second-order valence-corrected chi connectivity index (χ2v) is 2.95. The van der Waals surface area contributed by atoms with Crippen LogP contribution in [0.15, 0.2) is 24.3 Å². The summed E-state index contributed by atoms with van der Waals surface area (Å²) in [6.45, 7) is 0. The third-order valence-electron chi connectivity index (χ3n) is 1.40. The minimum atomic E-state index is 0.170. The van der Waals surface area contributed by atoms with E-state index < -0.39 is 0 Å². The second kappa shape index (κ2) is 4.39. The van der Waals surface area contributed by atoms with E-state index in [4.69, 9.17) is 23.2 Å². The lowest BCUT2D eigenvalue weighted by molar-refractivity contribution is 0.474. The zero-order valence-electron chi connectivity index (χ0n) is 6.30. The van der Waals surface area contributed by atoms with Crippen LogP contribution in [0.1, 0.15) is 5.56 Å². The molecule has 0 aliphatic heterocycles. The van der Waals surface area contributed by atoms with E-state index in [1.807, 2.05) is 0 Å². The van der Waals surface area contributed by atoms with Gasteiger partial charge in [0.1, 0.15) is 5.75 Å². The quantitative estimate of drug-likeness (QED) is 0.731. The third kappa shape index (κ3) is 2.16. The van der Waals surface area contributed by atoms with Crippen LogP contribution in [0.3, 0.4) is 0 Å². The van der Waals surface area contributed by atoms with Gasteiger partial charge >= 0.3 is 0 Å². The van der Waals surface area contributed by atoms with Gasteiger partial charge < -0.3 is 5.11 Å². The van der Waals surface area contributed by atoms with Gasteiger partial charge in [0.05, 0.1) is 5.02 Å². The Balaban J connectivity index is 3.04. The molecule has 0 fully saturated rings. The maximum atomic E-state index is 9.34. The molecule has 1 aromatic carbocycles. The summed E-state index contributed by atoms with van der Waals surface area (Å²) in [5, 5.41) is 9.86. The van der Waals surface area contributed by atoms with Gasteiger partial charge in [-0.05, 0) is 12.1 Å². The van der Waals surface area contributed by atoms with Gasteiger partial charge in [-0.2, -0.15) is 0 Å². The Labute approximate surface area is 81.2 Å². The highest BCUT2D eigenvalue weighted by Crippen LogP contribution is 2.26. The summed E-state index contributed by atoms with van der Waals surface area (Å²) in [5.41, 5.74) is 0.611. The van der Waals surface area contributed by atoms with Crippen LogP contribution >= 0.6 is 23.2 Å². The summed E-state index contributed by atoms with van der Waals surface area (Å²) in [6.07, 6.45) is 3.42. The maximum Gasteiger partial charge on any atom is 0.124 e. The first-order valence-corrected chi connectivity index (χ1v) is 4.37. The van der Waals surface area contributed by atoms with Crippen LogP contribution in [-0.4, -0.2) is 11.0 Å². The molecule has 1 rings (SSSR count). The van der Waals surface area contributed by atoms with E-state index in [1.165, 1.54) is 0 Å². The fourth-order valence-corrected chi connectivity index (χ4v) is 1.17. The molecule has 3 heteroatoms. The lowest BCUT2D eigenvalue weighted by Gasteiger charge is -1.99. The number of aromatic hydroxyl groups is 1. The van der Waals surface area contributed by atoms with Crippen LogP contribution in [0.25, 0.3) is 6.08 Å². The second-order valence-electron chi connectivity index (χ2n) is 2.23. The van der Waals surface area contributed by atoms with Crippen molar-refractivity contribution in [1.29, 1.82) is 0 Å². The molecule has 12 heavy (non-hydrogen) atoms. The Kier molecular flexibility index (Phi) is 3.45. The van der Waals surface area contributed by atoms with E-state index in [2.05, 4.69) is 0 Å². The summed E-state index contributed by atoms with van der Waals surface area (Å²) < 4.78 is 0. The summed E-state index contributed by atoms with van der Waals surface area (Å²) in [7, 11) is 0. The number of alkyl halides is 1. The van der Waals surface area contributed by atoms with Crippen molar-refractivity contribution in [2.45, 2.75) is 0 Å². The first-order chi connectivity index (χ1) is 5.75. The molecule has 1 nitrogen and oxygen atoms in total. The number of allylic oxidation sites excluding steroid dienone is 1. The molecule has 1 aromatic rings. The van der Waals surface area contributed by atoms with Crippen LogP contribution in [-0.2, 0) is 0 Å². The van der Waals surface area contributed by atoms with E-state index in [9.17, 15) is 5.11 Å². The molecule has 0 unspecified atom stereocenters. The van der Waals surface area contributed by atoms with E-state index in [0.29, 0.717) is 16.5 Å². The fourth-order valence-electron chi connectivity index (χ4n) is 0.853. The molecular formula is C9H8Cl2O. The third-order valence-corrected chi connectivity index (χ3v) is 1.91. The number of rotatable bonds is 2. The van der Waals surface area contributed by atoms with Crippen molar-refractivity contribution in [3.05, 3.63) is 34.9 Å². The lowest BCUT2D eigenvalue weighted by Crippen LogP contribution is -1.76. The Morgan fingerprint density at radius 3 is 2.75 bits per heavy atom. The Bertz CT molecular complexity index is 274. The van der Waals surface area contributed by atoms with Gasteiger partial charge in [0.15, 0.2) is 0 Å². The first-order valence-electron chi connectivity index (χ1n) is 3.45. The van der Waals surface area contributed by atoms with Crippen molar-refractivity contribution in [3.8, 4) is 5.75 Å². The Hall–Kier alpha value is -0.660. The van der Waals surface area contributed by atoms with Crippen molar-refractivity contribution >= 4 is 29.3 Å². The average Bonchev–Trinajstić information content (AvgIpc) is 2.04. The van der Waals surface area contributed by atoms with Gasteiger partial charge in [-0.15, -0.1) is 11.6 Å². The molecule has 0 saturated carbocycles. The van der Waals surface area contributed by atoms with Crippen molar-refractivity contribution < 1.29 is 5.11 Å². The van der Waals surface area contributed by atoms with Gasteiger partial charge in [0.2, 0.25) is 0 Å². The molecule has 0 atom stereocenters. The Morgan fingerprint density at radius 1 is 1.42 bits per heavy atom. The first kappa shape index (κ1) is 9.43. The topological polar surface area (TPSA) is 20.2 Å². The van der Waals surface area contributed by atoms with Gasteiger partial charge in [-0.3, -0.25) is 0 Å². The standard InChI is InChI=1S/C9H8Cl2O/c10-6-2-3-7-8(11)4-1-5-9(7)12/h1-5,12H,6H2. The molecule has 0 amide bonds. The number of hydrogen-bond acceptors (Lipinski definition) is 1. The van der Waals surface area contributed by atoms with Crippen molar-refractivity contribution in [2.24, 2.45) is 0 Å². The smallest absolute Gasteiger partial charge is 0.124 e. The zero-order valence-corrected chi connectivity index (χ0v) is 7.81. The van der Waals surface area contributed by atoms with Crippen molar-refractivity contribution in [3.63, 3.8) is 0 Å².